The summed E-state index contributed by atoms with van der Waals surface area (Å²) in [5.74, 6) is -1.81. The zero-order valence-electron chi connectivity index (χ0n) is 20.1. The zero-order valence-corrected chi connectivity index (χ0v) is 22.9. The molecule has 0 aliphatic carbocycles. The summed E-state index contributed by atoms with van der Waals surface area (Å²) < 4.78 is 53.0. The van der Waals surface area contributed by atoms with E-state index in [1.54, 1.807) is 18.2 Å². The van der Waals surface area contributed by atoms with Gasteiger partial charge in [0.2, 0.25) is 0 Å². The SMILES string of the molecule is O=C(NCCc1ccccc1OC(F)(F)F)c1ccc(Oc2cc3c(cc2Cl)C(C(=O)[O-])CCO3)cc1.[Na+]. The van der Waals surface area contributed by atoms with Crippen molar-refractivity contribution in [2.45, 2.75) is 25.1 Å². The molecule has 0 radical (unpaired) electrons. The van der Waals surface area contributed by atoms with Crippen molar-refractivity contribution in [2.24, 2.45) is 0 Å². The van der Waals surface area contributed by atoms with Gasteiger partial charge in [-0.15, -0.1) is 13.2 Å². The number of para-hydroxylation sites is 1. The Morgan fingerprint density at radius 1 is 1.08 bits per heavy atom. The van der Waals surface area contributed by atoms with Crippen LogP contribution in [0.5, 0.6) is 23.0 Å². The van der Waals surface area contributed by atoms with Gasteiger partial charge < -0.3 is 29.4 Å². The maximum Gasteiger partial charge on any atom is 1.00 e. The Balaban J connectivity index is 0.00000400. The first-order chi connectivity index (χ1) is 17.6. The van der Waals surface area contributed by atoms with Gasteiger partial charge in [0.15, 0.2) is 0 Å². The van der Waals surface area contributed by atoms with E-state index in [1.807, 2.05) is 0 Å². The number of ether oxygens (including phenoxy) is 3. The van der Waals surface area contributed by atoms with E-state index in [-0.39, 0.29) is 72.1 Å². The van der Waals surface area contributed by atoms with Crippen LogP contribution in [0.25, 0.3) is 0 Å². The fourth-order valence-corrected chi connectivity index (χ4v) is 4.07. The number of benzene rings is 3. The minimum atomic E-state index is -4.81. The Kier molecular flexibility index (Phi) is 9.94. The number of nitrogens with one attached hydrogen (secondary N) is 1. The van der Waals surface area contributed by atoms with Crippen molar-refractivity contribution in [2.75, 3.05) is 13.2 Å². The van der Waals surface area contributed by atoms with Crippen LogP contribution in [0, 0.1) is 0 Å². The van der Waals surface area contributed by atoms with Crippen LogP contribution < -0.4 is 54.2 Å². The number of fused-ring (bicyclic) bond motifs is 1. The third-order valence-corrected chi connectivity index (χ3v) is 5.91. The molecule has 0 saturated heterocycles. The van der Waals surface area contributed by atoms with E-state index in [2.05, 4.69) is 10.1 Å². The minimum Gasteiger partial charge on any atom is -0.549 e. The molecule has 12 heteroatoms. The molecular weight excluding hydrogens is 538 g/mol. The average molecular weight is 558 g/mol. The molecule has 1 atom stereocenters. The van der Waals surface area contributed by atoms with Crippen LogP contribution in [0.4, 0.5) is 13.2 Å². The van der Waals surface area contributed by atoms with E-state index >= 15 is 0 Å². The van der Waals surface area contributed by atoms with Gasteiger partial charge in [0.05, 0.1) is 11.6 Å². The summed E-state index contributed by atoms with van der Waals surface area (Å²) in [6.07, 6.45) is -4.39. The van der Waals surface area contributed by atoms with E-state index in [0.29, 0.717) is 28.2 Å². The second-order valence-electron chi connectivity index (χ2n) is 8.12. The largest absolute Gasteiger partial charge is 1.00 e. The zero-order chi connectivity index (χ0) is 26.6. The van der Waals surface area contributed by atoms with Crippen molar-refractivity contribution in [3.8, 4) is 23.0 Å². The number of carboxylic acids is 1. The number of alkyl halides is 3. The quantitative estimate of drug-likeness (QED) is 0.423. The van der Waals surface area contributed by atoms with Crippen molar-refractivity contribution in [1.82, 2.24) is 5.32 Å². The third-order valence-electron chi connectivity index (χ3n) is 5.61. The topological polar surface area (TPSA) is 96.9 Å². The smallest absolute Gasteiger partial charge is 0.549 e. The molecule has 1 aliphatic heterocycles. The van der Waals surface area contributed by atoms with E-state index in [0.717, 1.165) is 0 Å². The van der Waals surface area contributed by atoms with Crippen molar-refractivity contribution in [3.63, 3.8) is 0 Å². The van der Waals surface area contributed by atoms with E-state index in [1.165, 1.54) is 42.5 Å². The number of carbonyl (C=O) groups excluding carboxylic acids is 2. The summed E-state index contributed by atoms with van der Waals surface area (Å²) in [5, 5.41) is 14.2. The normalized spacial score (nSPS) is 14.4. The van der Waals surface area contributed by atoms with Crippen molar-refractivity contribution in [1.29, 1.82) is 0 Å². The number of carboxylic acid groups (broad SMARTS) is 1. The molecule has 3 aromatic carbocycles. The first kappa shape index (κ1) is 29.6. The molecule has 3 aromatic rings. The summed E-state index contributed by atoms with van der Waals surface area (Å²) in [6.45, 7) is 0.310. The first-order valence-corrected chi connectivity index (χ1v) is 11.6. The number of hydrogen-bond donors (Lipinski definition) is 1. The number of rotatable bonds is 8. The van der Waals surface area contributed by atoms with Crippen LogP contribution in [-0.2, 0) is 11.2 Å². The molecule has 0 bridgehead atoms. The molecule has 1 aliphatic rings. The molecular formula is C26H20ClF3NNaO6. The summed E-state index contributed by atoms with van der Waals surface area (Å²) >= 11 is 6.29. The molecule has 1 N–H and O–H groups in total. The van der Waals surface area contributed by atoms with Gasteiger partial charge in [-0.25, -0.2) is 0 Å². The predicted octanol–water partition coefficient (Wildman–Crippen LogP) is 1.62. The number of amides is 1. The number of hydrogen-bond acceptors (Lipinski definition) is 6. The minimum absolute atomic E-state index is 0. The van der Waals surface area contributed by atoms with Crippen LogP contribution in [0.3, 0.4) is 0 Å². The van der Waals surface area contributed by atoms with Crippen LogP contribution in [0.2, 0.25) is 5.02 Å². The summed E-state index contributed by atoms with van der Waals surface area (Å²) in [5.41, 5.74) is 1.03. The van der Waals surface area contributed by atoms with Gasteiger partial charge in [-0.2, -0.15) is 0 Å². The standard InChI is InChI=1S/C26H21ClF3NO6.Na/c27-20-13-19-18(25(33)34)10-12-35-22(19)14-23(20)36-17-7-5-16(6-8-17)24(32)31-11-9-15-3-1-2-4-21(15)37-26(28,29)30;/h1-8,13-14,18H,9-12H2,(H,31,32)(H,33,34);/q;+1/p-1. The Morgan fingerprint density at radius 2 is 1.79 bits per heavy atom. The second-order valence-corrected chi connectivity index (χ2v) is 8.52. The Hall–Kier alpha value is -2.92. The van der Waals surface area contributed by atoms with Gasteiger partial charge in [-0.1, -0.05) is 29.8 Å². The van der Waals surface area contributed by atoms with Gasteiger partial charge in [0.1, 0.15) is 23.0 Å². The van der Waals surface area contributed by atoms with Crippen molar-refractivity contribution in [3.05, 3.63) is 82.4 Å². The molecule has 4 rings (SSSR count). The van der Waals surface area contributed by atoms with Gasteiger partial charge in [0, 0.05) is 35.6 Å². The molecule has 7 nitrogen and oxygen atoms in total. The molecule has 0 aromatic heterocycles. The number of halogens is 4. The molecule has 1 amide bonds. The molecule has 38 heavy (non-hydrogen) atoms. The average Bonchev–Trinajstić information content (AvgIpc) is 2.84. The van der Waals surface area contributed by atoms with Gasteiger partial charge in [0.25, 0.3) is 5.91 Å². The Morgan fingerprint density at radius 3 is 2.47 bits per heavy atom. The molecule has 1 unspecified atom stereocenters. The maximum absolute atomic E-state index is 12.6. The van der Waals surface area contributed by atoms with Crippen molar-refractivity contribution < 1.29 is 71.6 Å². The summed E-state index contributed by atoms with van der Waals surface area (Å²) in [7, 11) is 0. The first-order valence-electron chi connectivity index (χ1n) is 11.2. The second kappa shape index (κ2) is 12.8. The third kappa shape index (κ3) is 7.57. The number of aliphatic carboxylic acids is 1. The molecule has 0 fully saturated rings. The van der Waals surface area contributed by atoms with Gasteiger partial charge in [-0.3, -0.25) is 4.79 Å². The molecule has 0 saturated carbocycles. The van der Waals surface area contributed by atoms with Crippen molar-refractivity contribution >= 4 is 23.5 Å². The van der Waals surface area contributed by atoms with E-state index in [9.17, 15) is 27.9 Å². The van der Waals surface area contributed by atoms with Crippen LogP contribution in [-0.4, -0.2) is 31.4 Å². The fourth-order valence-electron chi connectivity index (χ4n) is 3.86. The predicted molar refractivity (Wildman–Crippen MR) is 125 cm³/mol. The Labute approximate surface area is 243 Å². The van der Waals surface area contributed by atoms with Crippen LogP contribution in [0.1, 0.15) is 33.8 Å². The van der Waals surface area contributed by atoms with E-state index < -0.39 is 24.2 Å². The van der Waals surface area contributed by atoms with Crippen LogP contribution >= 0.6 is 11.6 Å². The fraction of sp³-hybridized carbons (Fsp3) is 0.231. The molecule has 194 valence electrons. The summed E-state index contributed by atoms with van der Waals surface area (Å²) in [4.78, 5) is 23.8. The Bertz CT molecular complexity index is 1300. The molecule has 0 spiro atoms. The monoisotopic (exact) mass is 557 g/mol. The van der Waals surface area contributed by atoms with E-state index in [4.69, 9.17) is 21.1 Å². The van der Waals surface area contributed by atoms with Crippen LogP contribution in [0.15, 0.2) is 60.7 Å². The maximum atomic E-state index is 12.6. The number of carbonyl (C=O) groups is 2. The van der Waals surface area contributed by atoms with Gasteiger partial charge in [-0.05, 0) is 54.8 Å². The summed E-state index contributed by atoms with van der Waals surface area (Å²) in [6, 6.07) is 14.8. The molecule has 1 heterocycles. The van der Waals surface area contributed by atoms with Gasteiger partial charge >= 0.3 is 35.9 Å².